The van der Waals surface area contributed by atoms with Gasteiger partial charge in [0.05, 0.1) is 17.9 Å². The van der Waals surface area contributed by atoms with Gasteiger partial charge in [-0.2, -0.15) is 13.2 Å². The van der Waals surface area contributed by atoms with E-state index >= 15 is 0 Å². The van der Waals surface area contributed by atoms with Crippen molar-refractivity contribution in [2.45, 2.75) is 12.8 Å². The molecular formula is C11H9F3N2O3. The molecule has 0 aliphatic rings. The molecule has 0 saturated carbocycles. The number of aliphatic hydroxyl groups excluding tert-OH is 1. The number of nitrogens with zero attached hydrogens (tertiary/aromatic N) is 1. The monoisotopic (exact) mass is 274 g/mol. The first kappa shape index (κ1) is 13.2. The molecule has 1 aromatic heterocycles. The highest BCUT2D eigenvalue weighted by molar-refractivity contribution is 5.40. The molecule has 0 atom stereocenters. The molecule has 0 saturated heterocycles. The van der Waals surface area contributed by atoms with Gasteiger partial charge < -0.3 is 10.2 Å². The van der Waals surface area contributed by atoms with Gasteiger partial charge in [0.1, 0.15) is 5.56 Å². The van der Waals surface area contributed by atoms with E-state index in [0.29, 0.717) is 0 Å². The van der Waals surface area contributed by atoms with Crippen molar-refractivity contribution >= 4 is 0 Å². The molecule has 0 amide bonds. The summed E-state index contributed by atoms with van der Waals surface area (Å²) in [4.78, 5) is 11.3. The number of hydrogen-bond acceptors (Lipinski definition) is 3. The van der Waals surface area contributed by atoms with E-state index in [9.17, 15) is 23.1 Å². The van der Waals surface area contributed by atoms with Crippen LogP contribution >= 0.6 is 0 Å². The molecule has 0 radical (unpaired) electrons. The first-order valence-corrected chi connectivity index (χ1v) is 5.16. The number of H-pyrrole nitrogens is 1. The molecule has 1 heterocycles. The zero-order valence-corrected chi connectivity index (χ0v) is 9.40. The minimum absolute atomic E-state index is 0.0656. The molecule has 0 spiro atoms. The first-order chi connectivity index (χ1) is 8.84. The van der Waals surface area contributed by atoms with Gasteiger partial charge in [-0.1, -0.05) is 6.07 Å². The minimum atomic E-state index is -4.53. The second-order valence-electron chi connectivity index (χ2n) is 3.78. The van der Waals surface area contributed by atoms with Crippen LogP contribution in [0.15, 0.2) is 29.1 Å². The molecule has 5 nitrogen and oxygen atoms in total. The van der Waals surface area contributed by atoms with Gasteiger partial charge in [0.15, 0.2) is 0 Å². The van der Waals surface area contributed by atoms with Crippen molar-refractivity contribution < 1.29 is 23.4 Å². The summed E-state index contributed by atoms with van der Waals surface area (Å²) < 4.78 is 38.4. The van der Waals surface area contributed by atoms with Crippen LogP contribution in [-0.2, 0) is 12.8 Å². The minimum Gasteiger partial charge on any atom is -0.493 e. The number of rotatable bonds is 2. The maximum absolute atomic E-state index is 12.6. The second kappa shape index (κ2) is 4.47. The molecule has 3 N–H and O–H groups in total. The second-order valence-corrected chi connectivity index (χ2v) is 3.78. The lowest BCUT2D eigenvalue weighted by Crippen LogP contribution is -2.08. The summed E-state index contributed by atoms with van der Waals surface area (Å²) >= 11 is 0. The molecule has 0 bridgehead atoms. The Hall–Kier alpha value is -2.22. The van der Waals surface area contributed by atoms with Crippen molar-refractivity contribution in [1.29, 1.82) is 0 Å². The maximum Gasteiger partial charge on any atom is 0.416 e. The molecule has 0 fully saturated rings. The highest BCUT2D eigenvalue weighted by atomic mass is 19.4. The Labute approximate surface area is 104 Å². The average molecular weight is 274 g/mol. The van der Waals surface area contributed by atoms with E-state index in [1.807, 2.05) is 0 Å². The quantitative estimate of drug-likeness (QED) is 0.774. The SMILES string of the molecule is O=c1[nH]n(-c2cccc(C(F)(F)F)c2)c(O)c1CO. The van der Waals surface area contributed by atoms with Crippen LogP contribution in [0.1, 0.15) is 11.1 Å². The van der Waals surface area contributed by atoms with E-state index in [1.165, 1.54) is 6.07 Å². The predicted octanol–water partition coefficient (Wildman–Crippen LogP) is 1.38. The van der Waals surface area contributed by atoms with Gasteiger partial charge in [0, 0.05) is 0 Å². The molecule has 2 rings (SSSR count). The number of aromatic amines is 1. The molecule has 102 valence electrons. The number of alkyl halides is 3. The zero-order chi connectivity index (χ0) is 14.2. The van der Waals surface area contributed by atoms with E-state index in [2.05, 4.69) is 5.10 Å². The van der Waals surface area contributed by atoms with E-state index < -0.39 is 29.8 Å². The highest BCUT2D eigenvalue weighted by Gasteiger charge is 2.30. The lowest BCUT2D eigenvalue weighted by atomic mass is 10.2. The Balaban J connectivity index is 2.57. The van der Waals surface area contributed by atoms with Gasteiger partial charge in [-0.3, -0.25) is 9.89 Å². The summed E-state index contributed by atoms with van der Waals surface area (Å²) in [5, 5.41) is 20.7. The van der Waals surface area contributed by atoms with Crippen LogP contribution in [0.3, 0.4) is 0 Å². The van der Waals surface area contributed by atoms with Gasteiger partial charge in [0.2, 0.25) is 5.88 Å². The molecule has 8 heteroatoms. The Bertz CT molecular complexity index is 658. The van der Waals surface area contributed by atoms with Gasteiger partial charge in [-0.15, -0.1) is 0 Å². The molecular weight excluding hydrogens is 265 g/mol. The van der Waals surface area contributed by atoms with Gasteiger partial charge in [0.25, 0.3) is 5.56 Å². The average Bonchev–Trinajstić information content (AvgIpc) is 2.63. The van der Waals surface area contributed by atoms with E-state index in [4.69, 9.17) is 5.11 Å². The lowest BCUT2D eigenvalue weighted by molar-refractivity contribution is -0.137. The molecule has 0 unspecified atom stereocenters. The molecule has 1 aromatic carbocycles. The smallest absolute Gasteiger partial charge is 0.416 e. The summed E-state index contributed by atoms with van der Waals surface area (Å²) in [6, 6.07) is 4.08. The summed E-state index contributed by atoms with van der Waals surface area (Å²) in [5.41, 5.74) is -2.05. The lowest BCUT2D eigenvalue weighted by Gasteiger charge is -2.09. The van der Waals surface area contributed by atoms with Crippen LogP contribution in [0.2, 0.25) is 0 Å². The Morgan fingerprint density at radius 3 is 2.53 bits per heavy atom. The molecule has 0 aliphatic heterocycles. The van der Waals surface area contributed by atoms with Gasteiger partial charge in [-0.25, -0.2) is 4.68 Å². The fourth-order valence-corrected chi connectivity index (χ4v) is 1.61. The number of halogens is 3. The Morgan fingerprint density at radius 2 is 2.00 bits per heavy atom. The van der Waals surface area contributed by atoms with Crippen molar-refractivity contribution in [3.8, 4) is 11.6 Å². The van der Waals surface area contributed by atoms with E-state index in [-0.39, 0.29) is 11.3 Å². The number of aromatic nitrogens is 2. The van der Waals surface area contributed by atoms with Crippen LogP contribution in [-0.4, -0.2) is 20.0 Å². The van der Waals surface area contributed by atoms with E-state index in [0.717, 1.165) is 22.9 Å². The fraction of sp³-hybridized carbons (Fsp3) is 0.182. The number of nitrogens with one attached hydrogen (secondary N) is 1. The summed E-state index contributed by atoms with van der Waals surface area (Å²) in [6.07, 6.45) is -4.53. The molecule has 2 aromatic rings. The Kier molecular flexibility index (Phi) is 3.11. The number of hydrogen-bond donors (Lipinski definition) is 3. The normalized spacial score (nSPS) is 11.8. The first-order valence-electron chi connectivity index (χ1n) is 5.16. The number of aromatic hydroxyl groups is 1. The third kappa shape index (κ3) is 2.34. The summed E-state index contributed by atoms with van der Waals surface area (Å²) in [5.74, 6) is -0.619. The standard InChI is InChI=1S/C11H9F3N2O3/c12-11(13,14)6-2-1-3-7(4-6)16-10(19)8(5-17)9(18)15-16/h1-4,17,19H,5H2,(H,15,18). The summed E-state index contributed by atoms with van der Waals surface area (Å²) in [7, 11) is 0. The highest BCUT2D eigenvalue weighted by Crippen LogP contribution is 2.31. The molecule has 19 heavy (non-hydrogen) atoms. The number of benzene rings is 1. The topological polar surface area (TPSA) is 78.2 Å². The third-order valence-electron chi connectivity index (χ3n) is 2.56. The van der Waals surface area contributed by atoms with Crippen LogP contribution in [0, 0.1) is 0 Å². The molecule has 0 aliphatic carbocycles. The van der Waals surface area contributed by atoms with Crippen molar-refractivity contribution in [1.82, 2.24) is 9.78 Å². The van der Waals surface area contributed by atoms with Crippen molar-refractivity contribution in [3.63, 3.8) is 0 Å². The van der Waals surface area contributed by atoms with Crippen LogP contribution in [0.25, 0.3) is 5.69 Å². The maximum atomic E-state index is 12.6. The van der Waals surface area contributed by atoms with Crippen LogP contribution in [0.5, 0.6) is 5.88 Å². The largest absolute Gasteiger partial charge is 0.493 e. The van der Waals surface area contributed by atoms with Crippen molar-refractivity contribution in [2.75, 3.05) is 0 Å². The third-order valence-corrected chi connectivity index (χ3v) is 2.56. The summed E-state index contributed by atoms with van der Waals surface area (Å²) in [6.45, 7) is -0.715. The van der Waals surface area contributed by atoms with E-state index in [1.54, 1.807) is 0 Å². The number of aliphatic hydroxyl groups is 1. The van der Waals surface area contributed by atoms with Crippen molar-refractivity contribution in [3.05, 3.63) is 45.7 Å². The fourth-order valence-electron chi connectivity index (χ4n) is 1.61. The van der Waals surface area contributed by atoms with Gasteiger partial charge >= 0.3 is 6.18 Å². The Morgan fingerprint density at radius 1 is 1.32 bits per heavy atom. The van der Waals surface area contributed by atoms with Crippen molar-refractivity contribution in [2.24, 2.45) is 0 Å². The predicted molar refractivity (Wildman–Crippen MR) is 59.0 cm³/mol. The zero-order valence-electron chi connectivity index (χ0n) is 9.40. The van der Waals surface area contributed by atoms with Gasteiger partial charge in [-0.05, 0) is 18.2 Å². The van der Waals surface area contributed by atoms with Crippen LogP contribution in [0.4, 0.5) is 13.2 Å². The van der Waals surface area contributed by atoms with Crippen LogP contribution < -0.4 is 5.56 Å².